The summed E-state index contributed by atoms with van der Waals surface area (Å²) in [4.78, 5) is 2.95. The Hall–Kier alpha value is -0.610. The number of aromatic nitrogens is 1. The summed E-state index contributed by atoms with van der Waals surface area (Å²) in [7, 11) is 0. The van der Waals surface area contributed by atoms with Gasteiger partial charge in [-0.15, -0.1) is 0 Å². The molecule has 1 aromatic rings. The van der Waals surface area contributed by atoms with Crippen molar-refractivity contribution < 1.29 is 8.78 Å². The first-order valence-electron chi connectivity index (χ1n) is 2.49. The highest BCUT2D eigenvalue weighted by atomic mass is 35.5. The first-order chi connectivity index (χ1) is 5.04. The topological polar surface area (TPSA) is 38.9 Å². The summed E-state index contributed by atoms with van der Waals surface area (Å²) in [6, 6.07) is 0. The average molecular weight is 199 g/mol. The summed E-state index contributed by atoms with van der Waals surface area (Å²) in [6.45, 7) is 0. The smallest absolute Gasteiger partial charge is 0.235 e. The highest BCUT2D eigenvalue weighted by Gasteiger charge is 2.14. The minimum Gasteiger partial charge on any atom is -0.395 e. The van der Waals surface area contributed by atoms with Gasteiger partial charge in [0.15, 0.2) is 11.0 Å². The summed E-state index contributed by atoms with van der Waals surface area (Å²) in [6.07, 6.45) is 0. The number of anilines is 1. The van der Waals surface area contributed by atoms with Gasteiger partial charge in [-0.25, -0.2) is 9.37 Å². The zero-order valence-electron chi connectivity index (χ0n) is 5.04. The molecule has 60 valence electrons. The molecule has 0 amide bonds. The van der Waals surface area contributed by atoms with Gasteiger partial charge in [0.2, 0.25) is 5.95 Å². The summed E-state index contributed by atoms with van der Waals surface area (Å²) in [5.41, 5.74) is 4.49. The first kappa shape index (κ1) is 8.49. The Morgan fingerprint density at radius 2 is 1.82 bits per heavy atom. The van der Waals surface area contributed by atoms with E-state index in [1.54, 1.807) is 0 Å². The van der Waals surface area contributed by atoms with Crippen molar-refractivity contribution in [2.75, 3.05) is 5.73 Å². The lowest BCUT2D eigenvalue weighted by atomic mass is 10.4. The monoisotopic (exact) mass is 198 g/mol. The molecule has 6 heteroatoms. The first-order valence-corrected chi connectivity index (χ1v) is 3.25. The number of rotatable bonds is 0. The third-order valence-electron chi connectivity index (χ3n) is 1.03. The predicted octanol–water partition coefficient (Wildman–Crippen LogP) is 2.25. The van der Waals surface area contributed by atoms with Crippen LogP contribution in [0.1, 0.15) is 0 Å². The molecule has 0 atom stereocenters. The van der Waals surface area contributed by atoms with Gasteiger partial charge in [0.25, 0.3) is 0 Å². The molecule has 0 radical (unpaired) electrons. The van der Waals surface area contributed by atoms with Crippen LogP contribution in [-0.4, -0.2) is 4.98 Å². The predicted molar refractivity (Wildman–Crippen MR) is 38.6 cm³/mol. The number of nitrogens with two attached hydrogens (primary N) is 1. The molecule has 0 aliphatic carbocycles. The molecule has 2 N–H and O–H groups in total. The average Bonchev–Trinajstić information content (AvgIpc) is 1.97. The van der Waals surface area contributed by atoms with Gasteiger partial charge in [0, 0.05) is 0 Å². The van der Waals surface area contributed by atoms with Gasteiger partial charge < -0.3 is 5.73 Å². The van der Waals surface area contributed by atoms with Gasteiger partial charge >= 0.3 is 0 Å². The van der Waals surface area contributed by atoms with Crippen LogP contribution < -0.4 is 5.73 Å². The fraction of sp³-hybridized carbons (Fsp3) is 0. The number of hydrogen-bond acceptors (Lipinski definition) is 2. The van der Waals surface area contributed by atoms with E-state index in [1.807, 2.05) is 0 Å². The number of hydrogen-bond donors (Lipinski definition) is 1. The molecule has 0 aliphatic rings. The van der Waals surface area contributed by atoms with Gasteiger partial charge in [-0.1, -0.05) is 23.2 Å². The lowest BCUT2D eigenvalue weighted by Gasteiger charge is -2.00. The Bertz CT molecular complexity index is 277. The van der Waals surface area contributed by atoms with Gasteiger partial charge in [0.05, 0.1) is 5.69 Å². The highest BCUT2D eigenvalue weighted by molar-refractivity contribution is 6.34. The van der Waals surface area contributed by atoms with E-state index in [-0.39, 0.29) is 0 Å². The molecule has 0 saturated carbocycles. The minimum absolute atomic E-state index is 0.524. The molecule has 0 aliphatic heterocycles. The quantitative estimate of drug-likeness (QED) is 0.650. The maximum absolute atomic E-state index is 12.6. The molecule has 0 unspecified atom stereocenters. The second kappa shape index (κ2) is 2.79. The Morgan fingerprint density at radius 3 is 2.36 bits per heavy atom. The Morgan fingerprint density at radius 1 is 1.27 bits per heavy atom. The second-order valence-electron chi connectivity index (χ2n) is 1.74. The van der Waals surface area contributed by atoms with Crippen molar-refractivity contribution in [2.45, 2.75) is 0 Å². The lowest BCUT2D eigenvalue weighted by molar-refractivity contribution is 0.564. The molecule has 0 fully saturated rings. The van der Waals surface area contributed by atoms with E-state index in [1.165, 1.54) is 0 Å². The van der Waals surface area contributed by atoms with Crippen LogP contribution in [0, 0.1) is 11.8 Å². The SMILES string of the molecule is Nc1c(F)c(Cl)nc(F)c1Cl. The Labute approximate surface area is 70.9 Å². The van der Waals surface area contributed by atoms with Crippen LogP contribution in [0.3, 0.4) is 0 Å². The maximum Gasteiger partial charge on any atom is 0.235 e. The fourth-order valence-corrected chi connectivity index (χ4v) is 0.804. The largest absolute Gasteiger partial charge is 0.395 e. The van der Waals surface area contributed by atoms with Gasteiger partial charge in [-0.3, -0.25) is 0 Å². The van der Waals surface area contributed by atoms with Crippen molar-refractivity contribution in [1.82, 2.24) is 4.98 Å². The van der Waals surface area contributed by atoms with Crippen LogP contribution in [0.4, 0.5) is 14.5 Å². The third-order valence-corrected chi connectivity index (χ3v) is 1.64. The number of nitrogens with zero attached hydrogens (tertiary/aromatic N) is 1. The van der Waals surface area contributed by atoms with Gasteiger partial charge in [0.1, 0.15) is 5.02 Å². The van der Waals surface area contributed by atoms with Crippen molar-refractivity contribution in [2.24, 2.45) is 0 Å². The molecular weight excluding hydrogens is 197 g/mol. The van der Waals surface area contributed by atoms with Gasteiger partial charge in [-0.05, 0) is 0 Å². The fourth-order valence-electron chi connectivity index (χ4n) is 0.503. The van der Waals surface area contributed by atoms with E-state index in [9.17, 15) is 8.78 Å². The van der Waals surface area contributed by atoms with Gasteiger partial charge in [-0.2, -0.15) is 4.39 Å². The van der Waals surface area contributed by atoms with Crippen LogP contribution in [0.25, 0.3) is 0 Å². The van der Waals surface area contributed by atoms with Crippen LogP contribution in [0.5, 0.6) is 0 Å². The summed E-state index contributed by atoms with van der Waals surface area (Å²) in [5.74, 6) is -2.08. The van der Waals surface area contributed by atoms with E-state index >= 15 is 0 Å². The summed E-state index contributed by atoms with van der Waals surface area (Å²) in [5, 5.41) is -1.17. The summed E-state index contributed by atoms with van der Waals surface area (Å²) >= 11 is 10.3. The normalized spacial score (nSPS) is 10.2. The van der Waals surface area contributed by atoms with Crippen LogP contribution in [0.2, 0.25) is 10.2 Å². The Balaban J connectivity index is 3.46. The second-order valence-corrected chi connectivity index (χ2v) is 2.47. The molecule has 1 rings (SSSR count). The molecule has 2 nitrogen and oxygen atoms in total. The van der Waals surface area contributed by atoms with Crippen LogP contribution in [0.15, 0.2) is 0 Å². The number of halogens is 4. The Kier molecular flexibility index (Phi) is 2.15. The van der Waals surface area contributed by atoms with E-state index in [0.717, 1.165) is 0 Å². The summed E-state index contributed by atoms with van der Waals surface area (Å²) < 4.78 is 25.0. The molecule has 0 aromatic carbocycles. The van der Waals surface area contributed by atoms with E-state index in [0.29, 0.717) is 0 Å². The molecule has 0 saturated heterocycles. The van der Waals surface area contributed by atoms with Crippen LogP contribution >= 0.6 is 23.2 Å². The standard InChI is InChI=1S/C5H2Cl2F2N2/c6-1-3(10)2(8)4(7)11-5(1)9/h(H2,10,11). The molecule has 0 spiro atoms. The number of nitrogen functional groups attached to an aromatic ring is 1. The maximum atomic E-state index is 12.6. The minimum atomic E-state index is -1.07. The van der Waals surface area contributed by atoms with Crippen molar-refractivity contribution in [3.63, 3.8) is 0 Å². The van der Waals surface area contributed by atoms with E-state index < -0.39 is 27.6 Å². The molecule has 0 bridgehead atoms. The zero-order valence-corrected chi connectivity index (χ0v) is 6.55. The van der Waals surface area contributed by atoms with E-state index in [2.05, 4.69) is 4.98 Å². The van der Waals surface area contributed by atoms with E-state index in [4.69, 9.17) is 28.9 Å². The van der Waals surface area contributed by atoms with Crippen LogP contribution in [-0.2, 0) is 0 Å². The van der Waals surface area contributed by atoms with Crippen molar-refractivity contribution in [3.05, 3.63) is 21.9 Å². The third kappa shape index (κ3) is 1.36. The lowest BCUT2D eigenvalue weighted by Crippen LogP contribution is -1.98. The van der Waals surface area contributed by atoms with Crippen molar-refractivity contribution in [1.29, 1.82) is 0 Å². The molecule has 1 aromatic heterocycles. The zero-order chi connectivity index (χ0) is 8.59. The molecular formula is C5H2Cl2F2N2. The highest BCUT2D eigenvalue weighted by Crippen LogP contribution is 2.27. The molecule has 11 heavy (non-hydrogen) atoms. The number of pyridine rings is 1. The molecule has 1 heterocycles. The van der Waals surface area contributed by atoms with Crippen molar-refractivity contribution >= 4 is 28.9 Å². The van der Waals surface area contributed by atoms with Crippen molar-refractivity contribution in [3.8, 4) is 0 Å².